The molecule has 0 radical (unpaired) electrons. The number of nitrogens with one attached hydrogen (secondary N) is 1. The molecule has 0 bridgehead atoms. The molecule has 1 amide bonds. The molecule has 5 nitrogen and oxygen atoms in total. The lowest BCUT2D eigenvalue weighted by molar-refractivity contribution is 0.0934. The molecule has 19 heavy (non-hydrogen) atoms. The molecular formula is C13H19ClN2O3. The second-order valence-corrected chi connectivity index (χ2v) is 5.44. The lowest BCUT2D eigenvalue weighted by Gasteiger charge is -2.26. The Labute approximate surface area is 117 Å². The van der Waals surface area contributed by atoms with Gasteiger partial charge in [0, 0.05) is 25.1 Å². The Kier molecular flexibility index (Phi) is 5.22. The van der Waals surface area contributed by atoms with Crippen molar-refractivity contribution in [2.24, 2.45) is 5.92 Å². The van der Waals surface area contributed by atoms with Gasteiger partial charge in [0.2, 0.25) is 0 Å². The van der Waals surface area contributed by atoms with Gasteiger partial charge >= 0.3 is 0 Å². The van der Waals surface area contributed by atoms with Gasteiger partial charge in [-0.05, 0) is 18.8 Å². The molecule has 1 heterocycles. The number of methoxy groups -OCH3 is 1. The molecule has 1 fully saturated rings. The SMILES string of the molecule is COCc1cc(C(=O)NCC2CCCCC2Cl)no1. The number of nitrogens with zero attached hydrogens (tertiary/aromatic N) is 1. The molecule has 1 N–H and O–H groups in total. The van der Waals surface area contributed by atoms with E-state index in [1.165, 1.54) is 12.8 Å². The molecule has 2 atom stereocenters. The molecule has 1 aliphatic carbocycles. The Morgan fingerprint density at radius 2 is 2.37 bits per heavy atom. The van der Waals surface area contributed by atoms with E-state index < -0.39 is 0 Å². The van der Waals surface area contributed by atoms with E-state index in [-0.39, 0.29) is 17.0 Å². The van der Waals surface area contributed by atoms with Crippen molar-refractivity contribution in [1.82, 2.24) is 10.5 Å². The summed E-state index contributed by atoms with van der Waals surface area (Å²) in [7, 11) is 1.56. The molecule has 0 saturated heterocycles. The van der Waals surface area contributed by atoms with Crippen molar-refractivity contribution in [3.05, 3.63) is 17.5 Å². The van der Waals surface area contributed by atoms with Gasteiger partial charge in [0.15, 0.2) is 11.5 Å². The van der Waals surface area contributed by atoms with Crippen molar-refractivity contribution in [2.45, 2.75) is 37.7 Å². The van der Waals surface area contributed by atoms with Crippen molar-refractivity contribution in [3.8, 4) is 0 Å². The number of hydrogen-bond acceptors (Lipinski definition) is 4. The van der Waals surface area contributed by atoms with Crippen LogP contribution in [0.1, 0.15) is 41.9 Å². The van der Waals surface area contributed by atoms with E-state index in [2.05, 4.69) is 10.5 Å². The van der Waals surface area contributed by atoms with Gasteiger partial charge in [0.1, 0.15) is 6.61 Å². The summed E-state index contributed by atoms with van der Waals surface area (Å²) < 4.78 is 9.88. The largest absolute Gasteiger partial charge is 0.377 e. The van der Waals surface area contributed by atoms with Crippen LogP contribution in [-0.4, -0.2) is 30.1 Å². The average molecular weight is 287 g/mol. The van der Waals surface area contributed by atoms with Crippen LogP contribution in [0.5, 0.6) is 0 Å². The third-order valence-electron chi connectivity index (χ3n) is 3.42. The second-order valence-electron chi connectivity index (χ2n) is 4.88. The van der Waals surface area contributed by atoms with Crippen LogP contribution in [0.3, 0.4) is 0 Å². The van der Waals surface area contributed by atoms with Crippen LogP contribution < -0.4 is 5.32 Å². The third kappa shape index (κ3) is 3.94. The summed E-state index contributed by atoms with van der Waals surface area (Å²) in [6, 6.07) is 1.60. The summed E-state index contributed by atoms with van der Waals surface area (Å²) in [6.45, 7) is 0.909. The van der Waals surface area contributed by atoms with E-state index in [9.17, 15) is 4.79 Å². The molecule has 0 spiro atoms. The molecule has 1 aromatic rings. The molecule has 6 heteroatoms. The van der Waals surface area contributed by atoms with E-state index >= 15 is 0 Å². The van der Waals surface area contributed by atoms with Crippen LogP contribution in [0.15, 0.2) is 10.6 Å². The highest BCUT2D eigenvalue weighted by Crippen LogP contribution is 2.28. The fraction of sp³-hybridized carbons (Fsp3) is 0.692. The first-order chi connectivity index (χ1) is 9.20. The van der Waals surface area contributed by atoms with E-state index in [4.69, 9.17) is 20.9 Å². The van der Waals surface area contributed by atoms with Crippen LogP contribution >= 0.6 is 11.6 Å². The minimum absolute atomic E-state index is 0.162. The first-order valence-corrected chi connectivity index (χ1v) is 7.01. The standard InChI is InChI=1S/C13H19ClN2O3/c1-18-8-10-6-12(16-19-10)13(17)15-7-9-4-2-3-5-11(9)14/h6,9,11H,2-5,7-8H2,1H3,(H,15,17). The fourth-order valence-electron chi connectivity index (χ4n) is 2.34. The van der Waals surface area contributed by atoms with Gasteiger partial charge in [-0.25, -0.2) is 0 Å². The highest BCUT2D eigenvalue weighted by atomic mass is 35.5. The minimum Gasteiger partial charge on any atom is -0.377 e. The lowest BCUT2D eigenvalue weighted by Crippen LogP contribution is -2.34. The quantitative estimate of drug-likeness (QED) is 0.844. The maximum Gasteiger partial charge on any atom is 0.273 e. The Balaban J connectivity index is 1.82. The van der Waals surface area contributed by atoms with Crippen molar-refractivity contribution in [3.63, 3.8) is 0 Å². The molecule has 1 saturated carbocycles. The first-order valence-electron chi connectivity index (χ1n) is 6.57. The smallest absolute Gasteiger partial charge is 0.273 e. The molecule has 0 aromatic carbocycles. The normalized spacial score (nSPS) is 23.3. The molecular weight excluding hydrogens is 268 g/mol. The number of halogens is 1. The molecule has 0 aliphatic heterocycles. The zero-order valence-electron chi connectivity index (χ0n) is 11.0. The van der Waals surface area contributed by atoms with Crippen LogP contribution in [0, 0.1) is 5.92 Å². The number of carbonyl (C=O) groups is 1. The number of ether oxygens (including phenoxy) is 1. The highest BCUT2D eigenvalue weighted by Gasteiger charge is 2.24. The lowest BCUT2D eigenvalue weighted by atomic mass is 9.89. The Morgan fingerprint density at radius 1 is 1.58 bits per heavy atom. The average Bonchev–Trinajstić information content (AvgIpc) is 2.87. The maximum absolute atomic E-state index is 11.9. The highest BCUT2D eigenvalue weighted by molar-refractivity contribution is 6.20. The van der Waals surface area contributed by atoms with E-state index in [0.717, 1.165) is 12.8 Å². The monoisotopic (exact) mass is 286 g/mol. The summed E-state index contributed by atoms with van der Waals surface area (Å²) in [4.78, 5) is 11.9. The molecule has 2 rings (SSSR count). The van der Waals surface area contributed by atoms with E-state index in [0.29, 0.717) is 24.8 Å². The van der Waals surface area contributed by atoms with Gasteiger partial charge in [0.05, 0.1) is 0 Å². The molecule has 2 unspecified atom stereocenters. The van der Waals surface area contributed by atoms with Gasteiger partial charge < -0.3 is 14.6 Å². The number of alkyl halides is 1. The van der Waals surface area contributed by atoms with Crippen LogP contribution in [-0.2, 0) is 11.3 Å². The van der Waals surface area contributed by atoms with Gasteiger partial charge in [-0.1, -0.05) is 18.0 Å². The number of aromatic nitrogens is 1. The topological polar surface area (TPSA) is 64.4 Å². The van der Waals surface area contributed by atoms with Gasteiger partial charge in [-0.3, -0.25) is 4.79 Å². The van der Waals surface area contributed by atoms with E-state index in [1.54, 1.807) is 13.2 Å². The molecule has 1 aliphatic rings. The minimum atomic E-state index is -0.222. The maximum atomic E-state index is 11.9. The summed E-state index contributed by atoms with van der Waals surface area (Å²) in [5.41, 5.74) is 0.286. The predicted octanol–water partition coefficient (Wildman–Crippen LogP) is 2.35. The summed E-state index contributed by atoms with van der Waals surface area (Å²) in [5.74, 6) is 0.672. The van der Waals surface area contributed by atoms with Crippen molar-refractivity contribution in [2.75, 3.05) is 13.7 Å². The van der Waals surface area contributed by atoms with Crippen molar-refractivity contribution in [1.29, 1.82) is 0 Å². The summed E-state index contributed by atoms with van der Waals surface area (Å²) >= 11 is 6.26. The predicted molar refractivity (Wildman–Crippen MR) is 71.1 cm³/mol. The number of rotatable bonds is 5. The second kappa shape index (κ2) is 6.91. The van der Waals surface area contributed by atoms with Crippen LogP contribution in [0.25, 0.3) is 0 Å². The van der Waals surface area contributed by atoms with Crippen LogP contribution in [0.4, 0.5) is 0 Å². The number of amides is 1. The molecule has 106 valence electrons. The Bertz CT molecular complexity index is 422. The van der Waals surface area contributed by atoms with E-state index in [1.807, 2.05) is 0 Å². The van der Waals surface area contributed by atoms with Gasteiger partial charge in [-0.15, -0.1) is 11.6 Å². The number of hydrogen-bond donors (Lipinski definition) is 1. The zero-order chi connectivity index (χ0) is 13.7. The fourth-order valence-corrected chi connectivity index (χ4v) is 2.71. The Morgan fingerprint density at radius 3 is 3.11 bits per heavy atom. The summed E-state index contributed by atoms with van der Waals surface area (Å²) in [5, 5.41) is 6.75. The van der Waals surface area contributed by atoms with Gasteiger partial charge in [0.25, 0.3) is 5.91 Å². The zero-order valence-corrected chi connectivity index (χ0v) is 11.8. The third-order valence-corrected chi connectivity index (χ3v) is 3.99. The van der Waals surface area contributed by atoms with Gasteiger partial charge in [-0.2, -0.15) is 0 Å². The molecule has 1 aromatic heterocycles. The van der Waals surface area contributed by atoms with Crippen LogP contribution in [0.2, 0.25) is 0 Å². The Hall–Kier alpha value is -1.07. The van der Waals surface area contributed by atoms with Crippen molar-refractivity contribution < 1.29 is 14.1 Å². The van der Waals surface area contributed by atoms with Crippen molar-refractivity contribution >= 4 is 17.5 Å². The number of carbonyl (C=O) groups excluding carboxylic acids is 1. The summed E-state index contributed by atoms with van der Waals surface area (Å²) in [6.07, 6.45) is 4.47. The first kappa shape index (κ1) is 14.3.